The van der Waals surface area contributed by atoms with Crippen molar-refractivity contribution in [2.45, 2.75) is 30.3 Å². The van der Waals surface area contributed by atoms with Crippen molar-refractivity contribution in [3.63, 3.8) is 0 Å². The van der Waals surface area contributed by atoms with E-state index in [-0.39, 0.29) is 19.5 Å². The van der Waals surface area contributed by atoms with E-state index in [9.17, 15) is 9.18 Å². The molecule has 2 rings (SSSR count). The first kappa shape index (κ1) is 18.8. The van der Waals surface area contributed by atoms with Crippen LogP contribution < -0.4 is 0 Å². The molecule has 5 heteroatoms. The van der Waals surface area contributed by atoms with Crippen LogP contribution in [0, 0.1) is 0 Å². The van der Waals surface area contributed by atoms with Gasteiger partial charge in [0.2, 0.25) is 0 Å². The fourth-order valence-corrected chi connectivity index (χ4v) is 2.83. The van der Waals surface area contributed by atoms with Gasteiger partial charge in [-0.05, 0) is 11.1 Å². The summed E-state index contributed by atoms with van der Waals surface area (Å²) < 4.78 is 25.1. The predicted octanol–water partition coefficient (Wildman–Crippen LogP) is 4.09. The van der Waals surface area contributed by atoms with Crippen molar-refractivity contribution in [1.82, 2.24) is 0 Å². The van der Waals surface area contributed by atoms with Crippen LogP contribution in [0.3, 0.4) is 0 Å². The number of carbonyl (C=O) groups is 1. The molecule has 0 saturated carbocycles. The molecule has 0 heterocycles. The SMILES string of the molecule is O=C[C@@H](F)[C@H](OCc1ccccc1)[C@@H](Br)COCc1ccccc1. The topological polar surface area (TPSA) is 35.5 Å². The van der Waals surface area contributed by atoms with Crippen LogP contribution in [0.2, 0.25) is 0 Å². The van der Waals surface area contributed by atoms with Gasteiger partial charge >= 0.3 is 0 Å². The molecular formula is C19H20BrFO3. The van der Waals surface area contributed by atoms with E-state index in [4.69, 9.17) is 9.47 Å². The molecule has 3 nitrogen and oxygen atoms in total. The van der Waals surface area contributed by atoms with Crippen LogP contribution in [-0.4, -0.2) is 30.0 Å². The smallest absolute Gasteiger partial charge is 0.182 e. The summed E-state index contributed by atoms with van der Waals surface area (Å²) in [5, 5.41) is 0. The van der Waals surface area contributed by atoms with Crippen molar-refractivity contribution < 1.29 is 18.7 Å². The highest BCUT2D eigenvalue weighted by atomic mass is 79.9. The molecule has 2 aromatic carbocycles. The Morgan fingerprint density at radius 3 is 2.04 bits per heavy atom. The third kappa shape index (κ3) is 6.15. The second-order valence-corrected chi connectivity index (χ2v) is 6.53. The number of alkyl halides is 2. The zero-order chi connectivity index (χ0) is 17.2. The molecule has 128 valence electrons. The Morgan fingerprint density at radius 1 is 0.958 bits per heavy atom. The Bertz CT molecular complexity index is 594. The van der Waals surface area contributed by atoms with Crippen molar-refractivity contribution in [3.05, 3.63) is 71.8 Å². The summed E-state index contributed by atoms with van der Waals surface area (Å²) in [6.45, 7) is 0.898. The van der Waals surface area contributed by atoms with Gasteiger partial charge in [0.15, 0.2) is 12.5 Å². The van der Waals surface area contributed by atoms with Gasteiger partial charge in [-0.15, -0.1) is 0 Å². The van der Waals surface area contributed by atoms with E-state index in [2.05, 4.69) is 15.9 Å². The second-order valence-electron chi connectivity index (χ2n) is 5.36. The summed E-state index contributed by atoms with van der Waals surface area (Å²) in [5.41, 5.74) is 1.96. The van der Waals surface area contributed by atoms with Crippen molar-refractivity contribution in [2.24, 2.45) is 0 Å². The molecule has 0 amide bonds. The Hall–Kier alpha value is -1.56. The molecule has 0 spiro atoms. The average molecular weight is 395 g/mol. The van der Waals surface area contributed by atoms with Gasteiger partial charge in [0.05, 0.1) is 24.6 Å². The fraction of sp³-hybridized carbons (Fsp3) is 0.316. The van der Waals surface area contributed by atoms with Crippen LogP contribution >= 0.6 is 15.9 Å². The van der Waals surface area contributed by atoms with Gasteiger partial charge in [0.1, 0.15) is 6.10 Å². The summed E-state index contributed by atoms with van der Waals surface area (Å²) in [4.78, 5) is 10.4. The fourth-order valence-electron chi connectivity index (χ4n) is 2.20. The number of ether oxygens (including phenoxy) is 2. The van der Waals surface area contributed by atoms with E-state index in [1.165, 1.54) is 0 Å². The van der Waals surface area contributed by atoms with Gasteiger partial charge in [-0.1, -0.05) is 76.6 Å². The molecule has 24 heavy (non-hydrogen) atoms. The quantitative estimate of drug-likeness (QED) is 0.449. The maximum atomic E-state index is 13.9. The van der Waals surface area contributed by atoms with Crippen LogP contribution in [0.4, 0.5) is 4.39 Å². The minimum atomic E-state index is -1.71. The Balaban J connectivity index is 1.85. The lowest BCUT2D eigenvalue weighted by Gasteiger charge is -2.23. The van der Waals surface area contributed by atoms with E-state index < -0.39 is 17.1 Å². The van der Waals surface area contributed by atoms with E-state index in [0.717, 1.165) is 11.1 Å². The van der Waals surface area contributed by atoms with E-state index in [1.54, 1.807) is 0 Å². The monoisotopic (exact) mass is 394 g/mol. The average Bonchev–Trinajstić information content (AvgIpc) is 2.63. The number of benzene rings is 2. The Morgan fingerprint density at radius 2 is 1.50 bits per heavy atom. The number of hydrogen-bond donors (Lipinski definition) is 0. The number of hydrogen-bond acceptors (Lipinski definition) is 3. The second kappa shape index (κ2) is 10.3. The molecular weight excluding hydrogens is 375 g/mol. The summed E-state index contributed by atoms with van der Waals surface area (Å²) in [5.74, 6) is 0. The molecule has 0 aliphatic carbocycles. The number of rotatable bonds is 10. The highest BCUT2D eigenvalue weighted by Gasteiger charge is 2.29. The minimum Gasteiger partial charge on any atom is -0.376 e. The van der Waals surface area contributed by atoms with Crippen LogP contribution in [-0.2, 0) is 27.5 Å². The third-order valence-corrected chi connectivity index (χ3v) is 4.26. The van der Waals surface area contributed by atoms with Gasteiger partial charge in [0, 0.05) is 0 Å². The van der Waals surface area contributed by atoms with E-state index >= 15 is 0 Å². The number of aldehydes is 1. The molecule has 0 saturated heterocycles. The lowest BCUT2D eigenvalue weighted by atomic mass is 10.1. The maximum Gasteiger partial charge on any atom is 0.182 e. The molecule has 3 atom stereocenters. The third-order valence-electron chi connectivity index (χ3n) is 3.47. The van der Waals surface area contributed by atoms with Crippen LogP contribution in [0.25, 0.3) is 0 Å². The first-order valence-corrected chi connectivity index (χ1v) is 8.63. The summed E-state index contributed by atoms with van der Waals surface area (Å²) in [6, 6.07) is 19.1. The van der Waals surface area contributed by atoms with Crippen LogP contribution in [0.15, 0.2) is 60.7 Å². The molecule has 2 aromatic rings. The lowest BCUT2D eigenvalue weighted by Crippen LogP contribution is -2.37. The van der Waals surface area contributed by atoms with Crippen molar-refractivity contribution in [2.75, 3.05) is 6.61 Å². The number of halogens is 2. The molecule has 0 bridgehead atoms. The van der Waals surface area contributed by atoms with Gasteiger partial charge in [0.25, 0.3) is 0 Å². The highest BCUT2D eigenvalue weighted by molar-refractivity contribution is 9.09. The molecule has 0 aliphatic rings. The molecule has 0 N–H and O–H groups in total. The lowest BCUT2D eigenvalue weighted by molar-refractivity contribution is -0.118. The minimum absolute atomic E-state index is 0.237. The Labute approximate surface area is 149 Å². The zero-order valence-electron chi connectivity index (χ0n) is 13.2. The Kier molecular flexibility index (Phi) is 8.08. The first-order valence-electron chi connectivity index (χ1n) is 7.71. The van der Waals surface area contributed by atoms with Crippen LogP contribution in [0.1, 0.15) is 11.1 Å². The zero-order valence-corrected chi connectivity index (χ0v) is 14.8. The van der Waals surface area contributed by atoms with Crippen molar-refractivity contribution in [1.29, 1.82) is 0 Å². The predicted molar refractivity (Wildman–Crippen MR) is 94.8 cm³/mol. The highest BCUT2D eigenvalue weighted by Crippen LogP contribution is 2.18. The molecule has 0 fully saturated rings. The van der Waals surface area contributed by atoms with E-state index in [1.807, 2.05) is 60.7 Å². The van der Waals surface area contributed by atoms with Gasteiger partial charge in [-0.3, -0.25) is 0 Å². The van der Waals surface area contributed by atoms with Crippen molar-refractivity contribution in [3.8, 4) is 0 Å². The largest absolute Gasteiger partial charge is 0.376 e. The molecule has 0 radical (unpaired) electrons. The van der Waals surface area contributed by atoms with E-state index in [0.29, 0.717) is 6.61 Å². The summed E-state index contributed by atoms with van der Waals surface area (Å²) in [6.07, 6.45) is -2.35. The van der Waals surface area contributed by atoms with Crippen molar-refractivity contribution >= 4 is 22.2 Å². The molecule has 0 aliphatic heterocycles. The molecule has 0 unspecified atom stereocenters. The standard InChI is InChI=1S/C19H20BrFO3/c20-17(14-23-12-15-7-3-1-4-8-15)19(18(21)11-22)24-13-16-9-5-2-6-10-16/h1-11,17-19H,12-14H2/t17-,18+,19+/m0/s1. The maximum absolute atomic E-state index is 13.9. The first-order chi connectivity index (χ1) is 11.7. The van der Waals surface area contributed by atoms with Crippen LogP contribution in [0.5, 0.6) is 0 Å². The number of carbonyl (C=O) groups excluding carboxylic acids is 1. The van der Waals surface area contributed by atoms with Gasteiger partial charge in [-0.25, -0.2) is 4.39 Å². The molecule has 0 aromatic heterocycles. The normalized spacial score (nSPS) is 14.8. The summed E-state index contributed by atoms with van der Waals surface area (Å²) >= 11 is 3.38. The van der Waals surface area contributed by atoms with Gasteiger partial charge < -0.3 is 14.3 Å². The van der Waals surface area contributed by atoms with Gasteiger partial charge in [-0.2, -0.15) is 0 Å². The summed E-state index contributed by atoms with van der Waals surface area (Å²) in [7, 11) is 0.